The molecule has 0 aromatic heterocycles. The van der Waals surface area contributed by atoms with E-state index in [1.54, 1.807) is 0 Å². The fourth-order valence-electron chi connectivity index (χ4n) is 4.55. The summed E-state index contributed by atoms with van der Waals surface area (Å²) in [4.78, 5) is 10.2. The van der Waals surface area contributed by atoms with Crippen LogP contribution in [0.5, 0.6) is 0 Å². The van der Waals surface area contributed by atoms with Crippen LogP contribution in [-0.2, 0) is 0 Å². The Morgan fingerprint density at radius 3 is 2.00 bits per heavy atom. The fraction of sp³-hybridized carbons (Fsp3) is 0.0714. The molecule has 0 N–H and O–H groups in total. The molecule has 0 amide bonds. The van der Waals surface area contributed by atoms with E-state index < -0.39 is 0 Å². The molecule has 0 spiro atoms. The highest BCUT2D eigenvalue weighted by molar-refractivity contribution is 6.63. The van der Waals surface area contributed by atoms with E-state index in [1.165, 1.54) is 0 Å². The average Bonchev–Trinajstić information content (AvgIpc) is 2.85. The lowest BCUT2D eigenvalue weighted by Crippen LogP contribution is -2.42. The zero-order chi connectivity index (χ0) is 21.7. The quantitative estimate of drug-likeness (QED) is 0.312. The smallest absolute Gasteiger partial charge is 0.115 e. The number of alkyl halides is 1. The molecule has 2 nitrogen and oxygen atoms in total. The van der Waals surface area contributed by atoms with E-state index in [4.69, 9.17) is 33.2 Å². The van der Waals surface area contributed by atoms with Crippen molar-refractivity contribution in [3.8, 4) is 22.3 Å². The van der Waals surface area contributed by atoms with Gasteiger partial charge in [0.2, 0.25) is 0 Å². The van der Waals surface area contributed by atoms with Gasteiger partial charge >= 0.3 is 0 Å². The van der Waals surface area contributed by atoms with E-state index in [9.17, 15) is 0 Å². The standard InChI is InChI=1S/C28H18Cl2N2/c29-23-21-15-7-13-19(17-9-3-1-4-10-17)25(21)31-27-24(30)22-16-8-14-20(26(22)32-28(23)27)18-11-5-2-6-12-18/h1-16,23,28H. The first-order valence-corrected chi connectivity index (χ1v) is 11.4. The van der Waals surface area contributed by atoms with Gasteiger partial charge in [-0.05, 0) is 16.7 Å². The van der Waals surface area contributed by atoms with Crippen LogP contribution >= 0.6 is 23.2 Å². The molecule has 0 aliphatic carbocycles. The van der Waals surface area contributed by atoms with Crippen molar-refractivity contribution in [1.82, 2.24) is 0 Å². The van der Waals surface area contributed by atoms with Gasteiger partial charge in [-0.15, -0.1) is 11.6 Å². The van der Waals surface area contributed by atoms with Crippen molar-refractivity contribution in [1.29, 1.82) is 0 Å². The van der Waals surface area contributed by atoms with Gasteiger partial charge in [-0.2, -0.15) is 0 Å². The first kappa shape index (κ1) is 19.5. The number of para-hydroxylation sites is 2. The van der Waals surface area contributed by atoms with Crippen molar-refractivity contribution in [2.45, 2.75) is 11.4 Å². The van der Waals surface area contributed by atoms with Gasteiger partial charge in [-0.3, -0.25) is 4.99 Å². The van der Waals surface area contributed by atoms with E-state index in [0.717, 1.165) is 49.8 Å². The van der Waals surface area contributed by atoms with E-state index >= 15 is 0 Å². The Balaban J connectivity index is 1.61. The third-order valence-corrected chi connectivity index (χ3v) is 6.96. The Kier molecular flexibility index (Phi) is 4.71. The minimum Gasteiger partial charge on any atom is -0.272 e. The number of fused-ring (bicyclic) bond motifs is 3. The van der Waals surface area contributed by atoms with Crippen molar-refractivity contribution >= 4 is 39.6 Å². The van der Waals surface area contributed by atoms with Crippen LogP contribution in [-0.4, -0.2) is 11.8 Å². The summed E-state index contributed by atoms with van der Waals surface area (Å²) in [5.41, 5.74) is 6.90. The molecule has 154 valence electrons. The van der Waals surface area contributed by atoms with Gasteiger partial charge in [-0.25, -0.2) is 4.99 Å². The summed E-state index contributed by atoms with van der Waals surface area (Å²) in [6.45, 7) is 0. The highest BCUT2D eigenvalue weighted by Gasteiger charge is 2.36. The molecule has 32 heavy (non-hydrogen) atoms. The molecule has 2 heterocycles. The van der Waals surface area contributed by atoms with Crippen LogP contribution in [0.2, 0.25) is 0 Å². The number of halogens is 2. The van der Waals surface area contributed by atoms with Crippen molar-refractivity contribution in [2.24, 2.45) is 9.98 Å². The molecule has 2 atom stereocenters. The van der Waals surface area contributed by atoms with Gasteiger partial charge in [-0.1, -0.05) is 109 Å². The predicted octanol–water partition coefficient (Wildman–Crippen LogP) is 6.44. The van der Waals surface area contributed by atoms with Gasteiger partial charge in [0.1, 0.15) is 6.04 Å². The predicted molar refractivity (Wildman–Crippen MR) is 133 cm³/mol. The van der Waals surface area contributed by atoms with Crippen LogP contribution in [0.3, 0.4) is 0 Å². The van der Waals surface area contributed by atoms with Crippen molar-refractivity contribution in [2.75, 3.05) is 0 Å². The molecule has 0 saturated carbocycles. The summed E-state index contributed by atoms with van der Waals surface area (Å²) in [5, 5.41) is 2.04. The van der Waals surface area contributed by atoms with Gasteiger partial charge in [0, 0.05) is 16.3 Å². The minimum atomic E-state index is -0.355. The summed E-state index contributed by atoms with van der Waals surface area (Å²) in [6, 6.07) is 32.4. The fourth-order valence-corrected chi connectivity index (χ4v) is 5.21. The normalized spacial score (nSPS) is 18.7. The van der Waals surface area contributed by atoms with Crippen LogP contribution in [0.15, 0.2) is 107 Å². The molecular weight excluding hydrogens is 435 g/mol. The maximum atomic E-state index is 7.06. The maximum Gasteiger partial charge on any atom is 0.115 e. The average molecular weight is 453 g/mol. The number of rotatable bonds is 2. The molecule has 4 aromatic carbocycles. The van der Waals surface area contributed by atoms with Gasteiger partial charge < -0.3 is 0 Å². The lowest BCUT2D eigenvalue weighted by Gasteiger charge is -2.30. The summed E-state index contributed by atoms with van der Waals surface area (Å²) < 4.78 is 0. The van der Waals surface area contributed by atoms with E-state index in [2.05, 4.69) is 36.4 Å². The second kappa shape index (κ2) is 7.74. The molecule has 4 aromatic rings. The molecule has 0 saturated heterocycles. The third kappa shape index (κ3) is 3.02. The highest BCUT2D eigenvalue weighted by Crippen LogP contribution is 2.45. The Morgan fingerprint density at radius 2 is 1.28 bits per heavy atom. The maximum absolute atomic E-state index is 7.06. The summed E-state index contributed by atoms with van der Waals surface area (Å²) >= 11 is 14.0. The molecular formula is C28H18Cl2N2. The van der Waals surface area contributed by atoms with E-state index in [1.807, 2.05) is 60.7 Å². The zero-order valence-electron chi connectivity index (χ0n) is 17.0. The molecule has 2 aliphatic rings. The second-order valence-corrected chi connectivity index (χ2v) is 8.81. The van der Waals surface area contributed by atoms with E-state index in [-0.39, 0.29) is 11.4 Å². The monoisotopic (exact) mass is 452 g/mol. The second-order valence-electron chi connectivity index (χ2n) is 7.96. The Labute approximate surface area is 196 Å². The number of aliphatic imine (C=N–C) groups is 1. The van der Waals surface area contributed by atoms with Crippen molar-refractivity contribution in [3.05, 3.63) is 113 Å². The Morgan fingerprint density at radius 1 is 0.656 bits per heavy atom. The third-order valence-electron chi connectivity index (χ3n) is 6.09. The summed E-state index contributed by atoms with van der Waals surface area (Å²) in [7, 11) is 0. The first-order valence-electron chi connectivity index (χ1n) is 10.6. The molecule has 4 heteroatoms. The lowest BCUT2D eigenvalue weighted by molar-refractivity contribution is 0.781. The van der Waals surface area contributed by atoms with Crippen LogP contribution in [0.25, 0.3) is 27.3 Å². The van der Waals surface area contributed by atoms with Crippen LogP contribution < -0.4 is 10.6 Å². The van der Waals surface area contributed by atoms with Gasteiger partial charge in [0.25, 0.3) is 0 Å². The minimum absolute atomic E-state index is 0.333. The molecule has 2 aliphatic heterocycles. The SMILES string of the molecule is ClC1=c2cccc(-c3ccccc3)c2=NC2C1=Nc1c(-c3ccccc3)cccc1C2Cl. The van der Waals surface area contributed by atoms with Crippen molar-refractivity contribution < 1.29 is 0 Å². The van der Waals surface area contributed by atoms with E-state index in [0.29, 0.717) is 5.03 Å². The molecule has 0 fully saturated rings. The largest absolute Gasteiger partial charge is 0.272 e. The first-order chi connectivity index (χ1) is 15.7. The number of hydrogen-bond donors (Lipinski definition) is 0. The zero-order valence-corrected chi connectivity index (χ0v) is 18.6. The number of hydrogen-bond acceptors (Lipinski definition) is 2. The Hall–Kier alpha value is -3.20. The highest BCUT2D eigenvalue weighted by atomic mass is 35.5. The van der Waals surface area contributed by atoms with Crippen LogP contribution in [0.4, 0.5) is 5.69 Å². The van der Waals surface area contributed by atoms with Crippen LogP contribution in [0, 0.1) is 0 Å². The summed E-state index contributed by atoms with van der Waals surface area (Å²) in [5.74, 6) is 0. The van der Waals surface area contributed by atoms with Gasteiger partial charge in [0.15, 0.2) is 0 Å². The number of benzene rings is 4. The molecule has 0 bridgehead atoms. The lowest BCUT2D eigenvalue weighted by atomic mass is 9.90. The number of nitrogens with zero attached hydrogens (tertiary/aromatic N) is 2. The topological polar surface area (TPSA) is 24.7 Å². The molecule has 2 unspecified atom stereocenters. The van der Waals surface area contributed by atoms with Crippen LogP contribution in [0.1, 0.15) is 10.9 Å². The van der Waals surface area contributed by atoms with Gasteiger partial charge in [0.05, 0.1) is 27.2 Å². The Bertz CT molecular complexity index is 1490. The molecule has 0 radical (unpaired) electrons. The van der Waals surface area contributed by atoms with Crippen molar-refractivity contribution in [3.63, 3.8) is 0 Å². The molecule has 6 rings (SSSR count). The summed E-state index contributed by atoms with van der Waals surface area (Å²) in [6.07, 6.45) is 0.